The van der Waals surface area contributed by atoms with Crippen LogP contribution >= 0.6 is 0 Å². The zero-order valence-corrected chi connectivity index (χ0v) is 12.7. The predicted molar refractivity (Wildman–Crippen MR) is 72.6 cm³/mol. The molecular weight excluding hydrogens is 268 g/mol. The van der Waals surface area contributed by atoms with Crippen LogP contribution in [0.5, 0.6) is 0 Å². The van der Waals surface area contributed by atoms with Gasteiger partial charge in [0.2, 0.25) is 10.0 Å². The Bertz CT molecular complexity index is 399. The highest BCUT2D eigenvalue weighted by atomic mass is 32.2. The second-order valence-electron chi connectivity index (χ2n) is 5.57. The van der Waals surface area contributed by atoms with Crippen molar-refractivity contribution in [2.75, 3.05) is 46.7 Å². The maximum atomic E-state index is 11.8. The van der Waals surface area contributed by atoms with E-state index >= 15 is 0 Å². The lowest BCUT2D eigenvalue weighted by molar-refractivity contribution is -0.0970. The first kappa shape index (κ1) is 15.2. The average molecular weight is 292 g/mol. The third-order valence-electron chi connectivity index (χ3n) is 3.78. The fraction of sp³-hybridized carbons (Fsp3) is 1.00. The van der Waals surface area contributed by atoms with E-state index < -0.39 is 10.0 Å². The summed E-state index contributed by atoms with van der Waals surface area (Å²) in [5, 5.41) is 0. The van der Waals surface area contributed by atoms with E-state index in [1.54, 1.807) is 4.31 Å². The van der Waals surface area contributed by atoms with E-state index in [9.17, 15) is 8.42 Å². The summed E-state index contributed by atoms with van der Waals surface area (Å²) < 4.78 is 36.7. The number of hydrogen-bond acceptors (Lipinski definition) is 5. The molecule has 0 aromatic carbocycles. The quantitative estimate of drug-likeness (QED) is 0.700. The number of morpholine rings is 1. The molecular formula is C12H24N2O4S. The van der Waals surface area contributed by atoms with Crippen molar-refractivity contribution in [1.29, 1.82) is 0 Å². The molecule has 2 rings (SSSR count). The van der Waals surface area contributed by atoms with Gasteiger partial charge in [-0.15, -0.1) is 0 Å². The predicted octanol–water partition coefficient (Wildman–Crippen LogP) is -0.244. The summed E-state index contributed by atoms with van der Waals surface area (Å²) in [6, 6.07) is -0.0480. The summed E-state index contributed by atoms with van der Waals surface area (Å²) in [5.41, 5.74) is 0. The van der Waals surface area contributed by atoms with Gasteiger partial charge in [0.1, 0.15) is 6.10 Å². The van der Waals surface area contributed by atoms with Crippen LogP contribution in [0.25, 0.3) is 0 Å². The number of fused-ring (bicyclic) bond motifs is 1. The summed E-state index contributed by atoms with van der Waals surface area (Å²) in [4.78, 5) is 2.07. The average Bonchev–Trinajstić information content (AvgIpc) is 2.70. The van der Waals surface area contributed by atoms with Crippen LogP contribution < -0.4 is 0 Å². The van der Waals surface area contributed by atoms with Gasteiger partial charge in [0.05, 0.1) is 31.6 Å². The molecule has 0 spiro atoms. The molecule has 7 heteroatoms. The molecule has 2 aliphatic rings. The fourth-order valence-corrected chi connectivity index (χ4v) is 3.98. The van der Waals surface area contributed by atoms with Crippen LogP contribution in [0.1, 0.15) is 12.8 Å². The minimum absolute atomic E-state index is 0.0227. The lowest BCUT2D eigenvalue weighted by atomic mass is 10.1. The zero-order chi connectivity index (χ0) is 14.0. The van der Waals surface area contributed by atoms with E-state index in [1.165, 1.54) is 6.26 Å². The van der Waals surface area contributed by atoms with E-state index in [2.05, 4.69) is 4.90 Å². The molecule has 1 aliphatic heterocycles. The van der Waals surface area contributed by atoms with Crippen molar-refractivity contribution < 1.29 is 17.9 Å². The topological polar surface area (TPSA) is 59.1 Å². The van der Waals surface area contributed by atoms with E-state index in [0.29, 0.717) is 19.8 Å². The highest BCUT2D eigenvalue weighted by Gasteiger charge is 2.46. The first-order valence-electron chi connectivity index (χ1n) is 6.74. The Morgan fingerprint density at radius 1 is 1.37 bits per heavy atom. The van der Waals surface area contributed by atoms with Gasteiger partial charge in [0.15, 0.2) is 0 Å². The molecule has 2 fully saturated rings. The fourth-order valence-electron chi connectivity index (χ4n) is 2.86. The van der Waals surface area contributed by atoms with E-state index in [4.69, 9.17) is 9.47 Å². The summed E-state index contributed by atoms with van der Waals surface area (Å²) >= 11 is 0. The van der Waals surface area contributed by atoms with Crippen molar-refractivity contribution >= 4 is 10.0 Å². The Labute approximate surface area is 115 Å². The number of ether oxygens (including phenoxy) is 2. The largest absolute Gasteiger partial charge is 0.374 e. The molecule has 1 saturated heterocycles. The molecule has 0 aromatic rings. The molecule has 1 saturated carbocycles. The van der Waals surface area contributed by atoms with Crippen LogP contribution in [-0.4, -0.2) is 82.5 Å². The van der Waals surface area contributed by atoms with Gasteiger partial charge in [-0.3, -0.25) is 0 Å². The molecule has 1 heterocycles. The maximum absolute atomic E-state index is 11.8. The Hall–Kier alpha value is -0.210. The zero-order valence-electron chi connectivity index (χ0n) is 11.9. The summed E-state index contributed by atoms with van der Waals surface area (Å²) in [6.07, 6.45) is 2.88. The number of nitrogens with zero attached hydrogens (tertiary/aromatic N) is 2. The van der Waals surface area contributed by atoms with E-state index in [-0.39, 0.29) is 18.2 Å². The summed E-state index contributed by atoms with van der Waals surface area (Å²) in [6.45, 7) is 2.44. The Balaban J connectivity index is 1.94. The lowest BCUT2D eigenvalue weighted by Crippen LogP contribution is -2.53. The van der Waals surface area contributed by atoms with Gasteiger partial charge in [0, 0.05) is 13.1 Å². The third kappa shape index (κ3) is 3.66. The van der Waals surface area contributed by atoms with Crippen molar-refractivity contribution in [2.24, 2.45) is 0 Å². The van der Waals surface area contributed by atoms with Crippen molar-refractivity contribution in [3.8, 4) is 0 Å². The van der Waals surface area contributed by atoms with Crippen LogP contribution in [0.3, 0.4) is 0 Å². The minimum atomic E-state index is -3.15. The van der Waals surface area contributed by atoms with Gasteiger partial charge in [-0.25, -0.2) is 8.42 Å². The van der Waals surface area contributed by atoms with E-state index in [1.807, 2.05) is 14.1 Å². The first-order valence-corrected chi connectivity index (χ1v) is 8.59. The standard InChI is InChI=1S/C12H24N2O4S/c1-13(2)6-8-17-11-5-4-10-12(11)18-9-7-14(10)19(3,15)16/h10-12H,4-9H2,1-3H3/t10-,11+,12+/m0/s1. The van der Waals surface area contributed by atoms with Crippen LogP contribution in [0.2, 0.25) is 0 Å². The summed E-state index contributed by atoms with van der Waals surface area (Å²) in [7, 11) is 0.859. The molecule has 0 aromatic heterocycles. The highest BCUT2D eigenvalue weighted by molar-refractivity contribution is 7.88. The molecule has 6 nitrogen and oxygen atoms in total. The molecule has 0 N–H and O–H groups in total. The van der Waals surface area contributed by atoms with Gasteiger partial charge in [-0.2, -0.15) is 4.31 Å². The molecule has 0 radical (unpaired) electrons. The second-order valence-corrected chi connectivity index (χ2v) is 7.50. The summed E-state index contributed by atoms with van der Waals surface area (Å²) in [5.74, 6) is 0. The molecule has 112 valence electrons. The monoisotopic (exact) mass is 292 g/mol. The van der Waals surface area contributed by atoms with Gasteiger partial charge in [-0.1, -0.05) is 0 Å². The molecule has 19 heavy (non-hydrogen) atoms. The van der Waals surface area contributed by atoms with Crippen molar-refractivity contribution in [2.45, 2.75) is 31.1 Å². The molecule has 3 atom stereocenters. The molecule has 0 amide bonds. The van der Waals surface area contributed by atoms with E-state index in [0.717, 1.165) is 19.4 Å². The number of likely N-dealkylation sites (N-methyl/N-ethyl adjacent to an activating group) is 1. The van der Waals surface area contributed by atoms with Crippen molar-refractivity contribution in [1.82, 2.24) is 9.21 Å². The van der Waals surface area contributed by atoms with Crippen molar-refractivity contribution in [3.63, 3.8) is 0 Å². The highest BCUT2D eigenvalue weighted by Crippen LogP contribution is 2.33. The first-order chi connectivity index (χ1) is 8.89. The normalized spacial score (nSPS) is 32.7. The SMILES string of the molecule is CN(C)CCO[C@@H]1CC[C@H]2[C@H]1OCCN2S(C)(=O)=O. The lowest BCUT2D eigenvalue weighted by Gasteiger charge is -2.37. The molecule has 0 unspecified atom stereocenters. The van der Waals surface area contributed by atoms with Gasteiger partial charge >= 0.3 is 0 Å². The second kappa shape index (κ2) is 6.05. The minimum Gasteiger partial charge on any atom is -0.374 e. The van der Waals surface area contributed by atoms with Crippen LogP contribution in [-0.2, 0) is 19.5 Å². The number of sulfonamides is 1. The molecule has 1 aliphatic carbocycles. The van der Waals surface area contributed by atoms with Crippen LogP contribution in [0, 0.1) is 0 Å². The molecule has 0 bridgehead atoms. The maximum Gasteiger partial charge on any atom is 0.211 e. The van der Waals surface area contributed by atoms with Gasteiger partial charge < -0.3 is 14.4 Å². The smallest absolute Gasteiger partial charge is 0.211 e. The van der Waals surface area contributed by atoms with Crippen LogP contribution in [0.15, 0.2) is 0 Å². The number of rotatable bonds is 5. The Morgan fingerprint density at radius 2 is 2.11 bits per heavy atom. The van der Waals surface area contributed by atoms with Crippen molar-refractivity contribution in [3.05, 3.63) is 0 Å². The number of hydrogen-bond donors (Lipinski definition) is 0. The van der Waals surface area contributed by atoms with Gasteiger partial charge in [-0.05, 0) is 26.9 Å². The van der Waals surface area contributed by atoms with Gasteiger partial charge in [0.25, 0.3) is 0 Å². The Morgan fingerprint density at radius 3 is 2.74 bits per heavy atom. The van der Waals surface area contributed by atoms with Crippen LogP contribution in [0.4, 0.5) is 0 Å². The third-order valence-corrected chi connectivity index (χ3v) is 5.09. The Kier molecular flexibility index (Phi) is 4.84.